The van der Waals surface area contributed by atoms with Crippen molar-refractivity contribution in [2.75, 3.05) is 18.1 Å². The van der Waals surface area contributed by atoms with Crippen molar-refractivity contribution in [1.82, 2.24) is 9.88 Å². The van der Waals surface area contributed by atoms with Crippen LogP contribution < -0.4 is 0 Å². The van der Waals surface area contributed by atoms with Crippen LogP contribution in [0.25, 0.3) is 10.9 Å². The number of benzene rings is 1. The quantitative estimate of drug-likeness (QED) is 0.640. The molecule has 8 heteroatoms. The van der Waals surface area contributed by atoms with Crippen molar-refractivity contribution in [3.8, 4) is 0 Å². The number of hydrogen-bond acceptors (Lipinski definition) is 6. The molecule has 2 aromatic rings. The molecule has 0 bridgehead atoms. The maximum Gasteiger partial charge on any atom is 0.339 e. The van der Waals surface area contributed by atoms with Crippen molar-refractivity contribution in [2.45, 2.75) is 58.6 Å². The maximum atomic E-state index is 13.4. The summed E-state index contributed by atoms with van der Waals surface area (Å²) in [5, 5.41) is 0.735. The minimum Gasteiger partial charge on any atom is -0.449 e. The molecule has 0 spiro atoms. The molecule has 1 aromatic carbocycles. The first-order valence-corrected chi connectivity index (χ1v) is 13.1. The number of ether oxygens (including phenoxy) is 1. The number of rotatable bonds is 5. The van der Waals surface area contributed by atoms with Crippen molar-refractivity contribution < 1.29 is 22.7 Å². The fraction of sp³-hybridized carbons (Fsp3) is 0.542. The van der Waals surface area contributed by atoms with Crippen molar-refractivity contribution in [2.24, 2.45) is 5.92 Å². The lowest BCUT2D eigenvalue weighted by Crippen LogP contribution is -2.46. The standard InChI is InChI=1S/C24H30N2O5S/c1-4-26(17-11-12-32(29,30)14-17)23(27)16(3)31-24(28)22-18-7-5-6-8-20(18)25-21-10-9-15(2)13-19(21)22/h5-8,15-17H,4,9-14H2,1-3H3. The summed E-state index contributed by atoms with van der Waals surface area (Å²) in [5.41, 5.74) is 3.10. The third-order valence-corrected chi connectivity index (χ3v) is 8.36. The molecular weight excluding hydrogens is 428 g/mol. The number of carbonyl (C=O) groups excluding carboxylic acids is 2. The van der Waals surface area contributed by atoms with Gasteiger partial charge in [-0.15, -0.1) is 0 Å². The molecule has 1 amide bonds. The Labute approximate surface area is 189 Å². The molecule has 1 aliphatic carbocycles. The van der Waals surface area contributed by atoms with Gasteiger partial charge in [0.2, 0.25) is 0 Å². The van der Waals surface area contributed by atoms with Gasteiger partial charge >= 0.3 is 5.97 Å². The highest BCUT2D eigenvalue weighted by molar-refractivity contribution is 7.91. The van der Waals surface area contributed by atoms with E-state index >= 15 is 0 Å². The monoisotopic (exact) mass is 458 g/mol. The Balaban J connectivity index is 1.61. The Bertz CT molecular complexity index is 1160. The van der Waals surface area contributed by atoms with Gasteiger partial charge in [0.05, 0.1) is 22.6 Å². The highest BCUT2D eigenvalue weighted by Crippen LogP contribution is 2.32. The fourth-order valence-electron chi connectivity index (χ4n) is 4.91. The SMILES string of the molecule is CCN(C(=O)C(C)OC(=O)c1c2c(nc3ccccc13)CCC(C)C2)C1CCS(=O)(=O)C1. The lowest BCUT2D eigenvalue weighted by atomic mass is 9.84. The van der Waals surface area contributed by atoms with Crippen molar-refractivity contribution in [3.05, 3.63) is 41.1 Å². The number of likely N-dealkylation sites (N-methyl/N-ethyl adjacent to an activating group) is 1. The molecule has 3 unspecified atom stereocenters. The summed E-state index contributed by atoms with van der Waals surface area (Å²) in [6, 6.07) is 7.15. The van der Waals surface area contributed by atoms with Crippen LogP contribution in [-0.2, 0) is 32.2 Å². The molecule has 172 valence electrons. The molecule has 0 N–H and O–H groups in total. The summed E-state index contributed by atoms with van der Waals surface area (Å²) in [5.74, 6) is -0.388. The zero-order chi connectivity index (χ0) is 23.0. The van der Waals surface area contributed by atoms with Crippen molar-refractivity contribution >= 4 is 32.6 Å². The van der Waals surface area contributed by atoms with E-state index in [1.807, 2.05) is 31.2 Å². The second kappa shape index (κ2) is 8.81. The van der Waals surface area contributed by atoms with E-state index in [0.29, 0.717) is 24.4 Å². The summed E-state index contributed by atoms with van der Waals surface area (Å²) in [7, 11) is -3.12. The molecule has 2 heterocycles. The van der Waals surface area contributed by atoms with E-state index in [9.17, 15) is 18.0 Å². The van der Waals surface area contributed by atoms with Gasteiger partial charge in [0, 0.05) is 23.7 Å². The van der Waals surface area contributed by atoms with Crippen LogP contribution in [0.3, 0.4) is 0 Å². The molecular formula is C24H30N2O5S. The molecule has 7 nitrogen and oxygen atoms in total. The highest BCUT2D eigenvalue weighted by atomic mass is 32.2. The van der Waals surface area contributed by atoms with E-state index in [4.69, 9.17) is 9.72 Å². The van der Waals surface area contributed by atoms with Crippen LogP contribution in [0.2, 0.25) is 0 Å². The Morgan fingerprint density at radius 2 is 2.00 bits per heavy atom. The summed E-state index contributed by atoms with van der Waals surface area (Å²) >= 11 is 0. The smallest absolute Gasteiger partial charge is 0.339 e. The van der Waals surface area contributed by atoms with Crippen LogP contribution in [0.15, 0.2) is 24.3 Å². The van der Waals surface area contributed by atoms with E-state index in [1.54, 1.807) is 6.92 Å². The van der Waals surface area contributed by atoms with E-state index in [0.717, 1.165) is 41.4 Å². The molecule has 0 saturated carbocycles. The molecule has 0 radical (unpaired) electrons. The second-order valence-electron chi connectivity index (χ2n) is 9.01. The molecule has 32 heavy (non-hydrogen) atoms. The summed E-state index contributed by atoms with van der Waals surface area (Å²) in [6.45, 7) is 5.90. The molecule has 1 saturated heterocycles. The first-order valence-electron chi connectivity index (χ1n) is 11.3. The Kier molecular flexibility index (Phi) is 6.25. The van der Waals surface area contributed by atoms with E-state index in [1.165, 1.54) is 4.90 Å². The summed E-state index contributed by atoms with van der Waals surface area (Å²) < 4.78 is 29.4. The number of fused-ring (bicyclic) bond motifs is 2. The molecule has 3 atom stereocenters. The number of carbonyl (C=O) groups is 2. The predicted molar refractivity (Wildman–Crippen MR) is 122 cm³/mol. The third kappa shape index (κ3) is 4.37. The molecule has 2 aliphatic rings. The van der Waals surface area contributed by atoms with Crippen LogP contribution in [0.1, 0.15) is 55.2 Å². The van der Waals surface area contributed by atoms with Crippen LogP contribution in [0.4, 0.5) is 0 Å². The van der Waals surface area contributed by atoms with Gasteiger partial charge in [0.15, 0.2) is 15.9 Å². The summed E-state index contributed by atoms with van der Waals surface area (Å²) in [4.78, 5) is 32.8. The molecule has 1 fully saturated rings. The van der Waals surface area contributed by atoms with E-state index in [2.05, 4.69) is 6.92 Å². The zero-order valence-corrected chi connectivity index (χ0v) is 19.7. The topological polar surface area (TPSA) is 93.6 Å². The Hall–Kier alpha value is -2.48. The first kappa shape index (κ1) is 22.7. The van der Waals surface area contributed by atoms with E-state index < -0.39 is 21.9 Å². The first-order chi connectivity index (χ1) is 15.2. The number of hydrogen-bond donors (Lipinski definition) is 0. The molecule has 1 aliphatic heterocycles. The molecule has 1 aromatic heterocycles. The minimum absolute atomic E-state index is 0.0341. The average Bonchev–Trinajstić information content (AvgIpc) is 3.11. The van der Waals surface area contributed by atoms with Crippen LogP contribution >= 0.6 is 0 Å². The third-order valence-electron chi connectivity index (χ3n) is 6.61. The predicted octanol–water partition coefficient (Wildman–Crippen LogP) is 2.94. The second-order valence-corrected chi connectivity index (χ2v) is 11.2. The van der Waals surface area contributed by atoms with Gasteiger partial charge in [-0.05, 0) is 57.1 Å². The van der Waals surface area contributed by atoms with Gasteiger partial charge in [-0.1, -0.05) is 25.1 Å². The number of pyridine rings is 1. The number of nitrogens with zero attached hydrogens (tertiary/aromatic N) is 2. The Morgan fingerprint density at radius 3 is 2.69 bits per heavy atom. The number of sulfone groups is 1. The maximum absolute atomic E-state index is 13.4. The number of aromatic nitrogens is 1. The Morgan fingerprint density at radius 1 is 1.25 bits per heavy atom. The number of esters is 1. The van der Waals surface area contributed by atoms with E-state index in [-0.39, 0.29) is 23.5 Å². The largest absolute Gasteiger partial charge is 0.449 e. The van der Waals surface area contributed by atoms with Crippen LogP contribution in [0, 0.1) is 5.92 Å². The van der Waals surface area contributed by atoms with Gasteiger partial charge in [-0.3, -0.25) is 9.78 Å². The fourth-order valence-corrected chi connectivity index (χ4v) is 6.65. The summed E-state index contributed by atoms with van der Waals surface area (Å²) in [6.07, 6.45) is 2.01. The number of amides is 1. The average molecular weight is 459 g/mol. The number of para-hydroxylation sites is 1. The number of aryl methyl sites for hydroxylation is 1. The lowest BCUT2D eigenvalue weighted by Gasteiger charge is -2.29. The molecule has 4 rings (SSSR count). The zero-order valence-electron chi connectivity index (χ0n) is 18.8. The minimum atomic E-state index is -3.12. The van der Waals surface area contributed by atoms with Gasteiger partial charge in [-0.2, -0.15) is 0 Å². The van der Waals surface area contributed by atoms with Gasteiger partial charge in [0.1, 0.15) is 0 Å². The van der Waals surface area contributed by atoms with Gasteiger partial charge in [-0.25, -0.2) is 13.2 Å². The van der Waals surface area contributed by atoms with Crippen LogP contribution in [0.5, 0.6) is 0 Å². The lowest BCUT2D eigenvalue weighted by molar-refractivity contribution is -0.141. The van der Waals surface area contributed by atoms with Gasteiger partial charge < -0.3 is 9.64 Å². The van der Waals surface area contributed by atoms with Crippen molar-refractivity contribution in [1.29, 1.82) is 0 Å². The van der Waals surface area contributed by atoms with Gasteiger partial charge in [0.25, 0.3) is 5.91 Å². The highest BCUT2D eigenvalue weighted by Gasteiger charge is 2.36. The van der Waals surface area contributed by atoms with Crippen LogP contribution in [-0.4, -0.2) is 60.4 Å². The van der Waals surface area contributed by atoms with Crippen molar-refractivity contribution in [3.63, 3.8) is 0 Å². The normalized spacial score (nSPS) is 22.8.